The Morgan fingerprint density at radius 1 is 1.10 bits per heavy atom. The summed E-state index contributed by atoms with van der Waals surface area (Å²) in [5, 5.41) is 0. The van der Waals surface area contributed by atoms with Crippen LogP contribution in [-0.4, -0.2) is 13.4 Å². The molecule has 2 nitrogen and oxygen atoms in total. The molecule has 0 aliphatic carbocycles. The van der Waals surface area contributed by atoms with E-state index >= 15 is 0 Å². The van der Waals surface area contributed by atoms with E-state index in [9.17, 15) is 4.79 Å². The van der Waals surface area contributed by atoms with Gasteiger partial charge in [0.1, 0.15) is 12.0 Å². The predicted molar refractivity (Wildman–Crippen MR) is 81.3 cm³/mol. The highest BCUT2D eigenvalue weighted by atomic mass is 16.5. The maximum absolute atomic E-state index is 11.7. The Kier molecular flexibility index (Phi) is 4.23. The number of rotatable bonds is 5. The third kappa shape index (κ3) is 2.90. The van der Waals surface area contributed by atoms with Crippen LogP contribution in [-0.2, 0) is 16.6 Å². The molecule has 0 saturated carbocycles. The maximum Gasteiger partial charge on any atom is 0.130 e. The smallest absolute Gasteiger partial charge is 0.130 e. The normalized spacial score (nSPS) is 13.6. The Hall–Kier alpha value is -2.09. The highest BCUT2D eigenvalue weighted by molar-refractivity contribution is 5.69. The quantitative estimate of drug-likeness (QED) is 0.773. The summed E-state index contributed by atoms with van der Waals surface area (Å²) in [6, 6.07) is 15.9. The fourth-order valence-electron chi connectivity index (χ4n) is 2.39. The van der Waals surface area contributed by atoms with Crippen molar-refractivity contribution in [3.05, 3.63) is 65.2 Å². The van der Waals surface area contributed by atoms with Gasteiger partial charge in [0.25, 0.3) is 0 Å². The molecule has 0 aliphatic heterocycles. The minimum Gasteiger partial charge on any atom is -0.497 e. The molecule has 0 amide bonds. The zero-order valence-electron chi connectivity index (χ0n) is 12.2. The summed E-state index contributed by atoms with van der Waals surface area (Å²) in [6.07, 6.45) is 1.75. The number of methoxy groups -OCH3 is 1. The van der Waals surface area contributed by atoms with E-state index in [2.05, 4.69) is 19.1 Å². The summed E-state index contributed by atoms with van der Waals surface area (Å²) >= 11 is 0. The molecule has 2 aromatic carbocycles. The van der Waals surface area contributed by atoms with E-state index in [4.69, 9.17) is 4.74 Å². The highest BCUT2D eigenvalue weighted by Crippen LogP contribution is 2.28. The molecule has 2 aromatic rings. The van der Waals surface area contributed by atoms with Gasteiger partial charge in [-0.1, -0.05) is 36.4 Å². The van der Waals surface area contributed by atoms with Crippen LogP contribution in [0.4, 0.5) is 0 Å². The first-order valence-electron chi connectivity index (χ1n) is 6.74. The molecular formula is C18H20O2. The Balaban J connectivity index is 2.33. The predicted octanol–water partition coefficient (Wildman–Crippen LogP) is 3.70. The molecule has 0 saturated heterocycles. The van der Waals surface area contributed by atoms with Crippen molar-refractivity contribution < 1.29 is 9.53 Å². The first kappa shape index (κ1) is 14.3. The average Bonchev–Trinajstić information content (AvgIpc) is 2.49. The van der Waals surface area contributed by atoms with Gasteiger partial charge in [0.15, 0.2) is 0 Å². The van der Waals surface area contributed by atoms with E-state index < -0.39 is 5.41 Å². The van der Waals surface area contributed by atoms with Crippen molar-refractivity contribution in [2.75, 3.05) is 7.11 Å². The minimum atomic E-state index is -0.515. The molecule has 0 fully saturated rings. The third-order valence-electron chi connectivity index (χ3n) is 3.83. The van der Waals surface area contributed by atoms with Crippen molar-refractivity contribution in [2.24, 2.45) is 0 Å². The van der Waals surface area contributed by atoms with E-state index in [1.807, 2.05) is 43.3 Å². The number of carbonyl (C=O) groups excluding carboxylic acids is 1. The second-order valence-electron chi connectivity index (χ2n) is 5.37. The van der Waals surface area contributed by atoms with E-state index in [0.29, 0.717) is 6.42 Å². The largest absolute Gasteiger partial charge is 0.497 e. The lowest BCUT2D eigenvalue weighted by Crippen LogP contribution is -2.27. The topological polar surface area (TPSA) is 26.3 Å². The van der Waals surface area contributed by atoms with Gasteiger partial charge in [-0.2, -0.15) is 0 Å². The molecule has 104 valence electrons. The lowest BCUT2D eigenvalue weighted by Gasteiger charge is -2.25. The van der Waals surface area contributed by atoms with Gasteiger partial charge in [0.05, 0.1) is 12.5 Å². The number of aryl methyl sites for hydroxylation is 1. The molecule has 0 heterocycles. The molecule has 0 bridgehead atoms. The molecule has 0 aliphatic rings. The molecule has 0 spiro atoms. The van der Waals surface area contributed by atoms with Crippen LogP contribution in [0.15, 0.2) is 48.5 Å². The van der Waals surface area contributed by atoms with Crippen molar-refractivity contribution in [3.8, 4) is 5.75 Å². The summed E-state index contributed by atoms with van der Waals surface area (Å²) in [6.45, 7) is 4.06. The van der Waals surface area contributed by atoms with Crippen LogP contribution in [0.1, 0.15) is 23.6 Å². The fraction of sp³-hybridized carbons (Fsp3) is 0.278. The molecule has 1 unspecified atom stereocenters. The Morgan fingerprint density at radius 2 is 1.75 bits per heavy atom. The minimum absolute atomic E-state index is 0.515. The van der Waals surface area contributed by atoms with Crippen LogP contribution in [0, 0.1) is 6.92 Å². The maximum atomic E-state index is 11.7. The van der Waals surface area contributed by atoms with Crippen LogP contribution in [0.2, 0.25) is 0 Å². The summed E-state index contributed by atoms with van der Waals surface area (Å²) in [4.78, 5) is 11.7. The van der Waals surface area contributed by atoms with Gasteiger partial charge in [0, 0.05) is 0 Å². The lowest BCUT2D eigenvalue weighted by molar-refractivity contribution is -0.112. The molecule has 0 aromatic heterocycles. The van der Waals surface area contributed by atoms with E-state index in [0.717, 1.165) is 17.6 Å². The van der Waals surface area contributed by atoms with E-state index in [1.54, 1.807) is 7.11 Å². The third-order valence-corrected chi connectivity index (χ3v) is 3.83. The average molecular weight is 268 g/mol. The van der Waals surface area contributed by atoms with Crippen LogP contribution in [0.25, 0.3) is 0 Å². The van der Waals surface area contributed by atoms with Crippen molar-refractivity contribution in [1.82, 2.24) is 0 Å². The zero-order valence-corrected chi connectivity index (χ0v) is 12.2. The first-order chi connectivity index (χ1) is 9.59. The Bertz CT molecular complexity index is 587. The number of carbonyl (C=O) groups is 1. The first-order valence-corrected chi connectivity index (χ1v) is 6.74. The number of ether oxygens (including phenoxy) is 1. The summed E-state index contributed by atoms with van der Waals surface area (Å²) in [5.41, 5.74) is 2.92. The monoisotopic (exact) mass is 268 g/mol. The second-order valence-corrected chi connectivity index (χ2v) is 5.37. The molecular weight excluding hydrogens is 248 g/mol. The number of hydrogen-bond acceptors (Lipinski definition) is 2. The summed E-state index contributed by atoms with van der Waals surface area (Å²) < 4.78 is 5.16. The number of benzene rings is 2. The van der Waals surface area contributed by atoms with Crippen molar-refractivity contribution in [3.63, 3.8) is 0 Å². The van der Waals surface area contributed by atoms with Gasteiger partial charge in [-0.25, -0.2) is 0 Å². The van der Waals surface area contributed by atoms with Gasteiger partial charge in [0.2, 0.25) is 0 Å². The van der Waals surface area contributed by atoms with Crippen LogP contribution < -0.4 is 4.74 Å². The summed E-state index contributed by atoms with van der Waals surface area (Å²) in [7, 11) is 1.64. The van der Waals surface area contributed by atoms with Crippen molar-refractivity contribution >= 4 is 6.29 Å². The Morgan fingerprint density at radius 3 is 2.30 bits per heavy atom. The van der Waals surface area contributed by atoms with Gasteiger partial charge in [-0.05, 0) is 49.1 Å². The Labute approximate surface area is 120 Å². The SMILES string of the molecule is COc1ccc(C(C)(C=O)Cc2ccccc2C)cc1. The van der Waals surface area contributed by atoms with Crippen molar-refractivity contribution in [1.29, 1.82) is 0 Å². The summed E-state index contributed by atoms with van der Waals surface area (Å²) in [5.74, 6) is 0.804. The van der Waals surface area contributed by atoms with E-state index in [-0.39, 0.29) is 0 Å². The zero-order chi connectivity index (χ0) is 14.6. The van der Waals surface area contributed by atoms with Gasteiger partial charge < -0.3 is 9.53 Å². The molecule has 20 heavy (non-hydrogen) atoms. The van der Waals surface area contributed by atoms with Crippen molar-refractivity contribution in [2.45, 2.75) is 25.7 Å². The van der Waals surface area contributed by atoms with Crippen LogP contribution in [0.3, 0.4) is 0 Å². The second kappa shape index (κ2) is 5.91. The number of aldehydes is 1. The van der Waals surface area contributed by atoms with E-state index in [1.165, 1.54) is 11.1 Å². The van der Waals surface area contributed by atoms with Gasteiger partial charge in [-0.15, -0.1) is 0 Å². The van der Waals surface area contributed by atoms with Crippen LogP contribution in [0.5, 0.6) is 5.75 Å². The van der Waals surface area contributed by atoms with Gasteiger partial charge >= 0.3 is 0 Å². The molecule has 0 radical (unpaired) electrons. The fourth-order valence-corrected chi connectivity index (χ4v) is 2.39. The molecule has 0 N–H and O–H groups in total. The highest BCUT2D eigenvalue weighted by Gasteiger charge is 2.27. The lowest BCUT2D eigenvalue weighted by atomic mass is 9.78. The van der Waals surface area contributed by atoms with Gasteiger partial charge in [-0.3, -0.25) is 0 Å². The molecule has 1 atom stereocenters. The molecule has 2 rings (SSSR count). The number of hydrogen-bond donors (Lipinski definition) is 0. The van der Waals surface area contributed by atoms with Crippen LogP contribution >= 0.6 is 0 Å². The standard InChI is InChI=1S/C18H20O2/c1-14-6-4-5-7-15(14)12-18(2,13-19)16-8-10-17(20-3)11-9-16/h4-11,13H,12H2,1-3H3. The molecule has 2 heteroatoms.